The van der Waals surface area contributed by atoms with Gasteiger partial charge in [-0.15, -0.1) is 0 Å². The molecule has 0 bridgehead atoms. The summed E-state index contributed by atoms with van der Waals surface area (Å²) in [6.07, 6.45) is 0. The molecule has 0 rings (SSSR count). The van der Waals surface area contributed by atoms with Gasteiger partial charge in [0.25, 0.3) is 0 Å². The van der Waals surface area contributed by atoms with Crippen LogP contribution in [0.1, 0.15) is 0 Å². The van der Waals surface area contributed by atoms with Gasteiger partial charge < -0.3 is 98.4 Å². The molecule has 0 aromatic rings. The predicted octanol–water partition coefficient (Wildman–Crippen LogP) is -20.9. The first-order chi connectivity index (χ1) is 12.1. The molecule has 0 heterocycles. The quantitative estimate of drug-likeness (QED) is 0.203. The van der Waals surface area contributed by atoms with Crippen LogP contribution in [0.4, 0.5) is 0 Å². The fourth-order valence-electron chi connectivity index (χ4n) is 0. The first-order valence-corrected chi connectivity index (χ1v) is 12.9. The average molecular weight is 944 g/mol. The van der Waals surface area contributed by atoms with Gasteiger partial charge in [0.1, 0.15) is 0 Å². The van der Waals surface area contributed by atoms with E-state index in [1.807, 2.05) is 0 Å². The molecular weight excluding hydrogens is 944 g/mol. The van der Waals surface area contributed by atoms with Crippen LogP contribution in [0.3, 0.4) is 0 Å². The molecule has 0 aliphatic rings. The summed E-state index contributed by atoms with van der Waals surface area (Å²) < 4.78 is 59.6. The summed E-state index contributed by atoms with van der Waals surface area (Å²) >= 11 is 0. The summed E-state index contributed by atoms with van der Waals surface area (Å²) in [5, 5.41) is 0. The zero-order chi connectivity index (χ0) is 25.0. The summed E-state index contributed by atoms with van der Waals surface area (Å²) in [7, 11) is -25.4. The molecule has 0 aliphatic heterocycles. The third-order valence-electron chi connectivity index (χ3n) is 0. The molecule has 0 saturated carbocycles. The van der Waals surface area contributed by atoms with Crippen molar-refractivity contribution < 1.29 is 150 Å². The van der Waals surface area contributed by atoms with Crippen molar-refractivity contribution in [3.63, 3.8) is 0 Å². The van der Waals surface area contributed by atoms with Crippen molar-refractivity contribution in [2.75, 3.05) is 0 Å². The molecule has 0 radical (unpaired) electrons. The Balaban J connectivity index is -0.0000000175. The van der Waals surface area contributed by atoms with E-state index in [-0.39, 0.29) is 86.4 Å². The topological polar surface area (TPSA) is 442 Å². The van der Waals surface area contributed by atoms with Crippen LogP contribution in [0.2, 0.25) is 0 Å². The Morgan fingerprint density at radius 3 is 0.250 bits per heavy atom. The molecule has 0 atom stereocenters. The van der Waals surface area contributed by atoms with E-state index >= 15 is 0 Å². The molecule has 0 aliphatic carbocycles. The molecule has 0 saturated heterocycles. The molecule has 0 aromatic carbocycles. The van der Waals surface area contributed by atoms with E-state index in [2.05, 4.69) is 0 Å². The maximum atomic E-state index is 8.52. The van der Waals surface area contributed by atoms with E-state index in [0.29, 0.717) is 0 Å². The SMILES string of the molecule is O=[Si]([O-])[O-].O=[Si]([O-])[O-].O=[Si]([O-])[O-].O=[Si]([O-])[O-].O=[Si]([O-])[O-].O=[Si]([O-])[O-].O=[Si]([O-])[O-].[Al+3].[Al+3].[Hf+4].[Hf+4]. The van der Waals surface area contributed by atoms with Gasteiger partial charge >= 0.3 is 86.4 Å². The number of hydrogen-bond acceptors (Lipinski definition) is 21. The Hall–Kier alpha value is 0.123. The Morgan fingerprint density at radius 1 is 0.250 bits per heavy atom. The Labute approximate surface area is 246 Å². The van der Waals surface area contributed by atoms with E-state index in [1.54, 1.807) is 0 Å². The molecule has 168 valence electrons. The molecule has 32 heavy (non-hydrogen) atoms. The third kappa shape index (κ3) is 1680000. The fraction of sp³-hybridized carbons (Fsp3) is 0. The van der Waals surface area contributed by atoms with Crippen molar-refractivity contribution in [3.05, 3.63) is 0 Å². The van der Waals surface area contributed by atoms with Crippen LogP contribution in [0.25, 0.3) is 0 Å². The van der Waals surface area contributed by atoms with Crippen molar-refractivity contribution in [2.24, 2.45) is 0 Å². The summed E-state index contributed by atoms with van der Waals surface area (Å²) in [5.41, 5.74) is 0. The second kappa shape index (κ2) is 63.3. The van der Waals surface area contributed by atoms with Gasteiger partial charge in [0.05, 0.1) is 0 Å². The molecular formula is Al2Hf2O21Si7. The molecule has 0 amide bonds. The van der Waals surface area contributed by atoms with Crippen LogP contribution >= 0.6 is 0 Å². The van der Waals surface area contributed by atoms with E-state index in [1.165, 1.54) is 0 Å². The third-order valence-corrected chi connectivity index (χ3v) is 0. The second-order valence-corrected chi connectivity index (χ2v) is 5.25. The van der Waals surface area contributed by atoms with Crippen LogP contribution in [-0.2, 0) is 82.9 Å². The molecule has 32 heteroatoms. The minimum atomic E-state index is -3.63. The van der Waals surface area contributed by atoms with Gasteiger partial charge in [0.2, 0.25) is 0 Å². The van der Waals surface area contributed by atoms with Crippen LogP contribution in [0.5, 0.6) is 0 Å². The van der Waals surface area contributed by atoms with E-state index in [0.717, 1.165) is 0 Å². The molecule has 0 fully saturated rings. The zero-order valence-electron chi connectivity index (χ0n) is 14.2. The van der Waals surface area contributed by atoms with E-state index < -0.39 is 64.2 Å². The maximum Gasteiger partial charge on any atom is 4.00 e. The smallest absolute Gasteiger partial charge is 0.672 e. The standard InChI is InChI=1S/2Al.2Hf.7O3Si/c;;;;7*1-4(2)3/q2*+3;2*+4;7*-2. The van der Waals surface area contributed by atoms with Crippen LogP contribution < -0.4 is 67.1 Å². The van der Waals surface area contributed by atoms with Gasteiger partial charge in [-0.3, -0.25) is 0 Å². The maximum absolute atomic E-state index is 8.52. The Kier molecular flexibility index (Phi) is 138. The van der Waals surface area contributed by atoms with Crippen molar-refractivity contribution >= 4 is 98.9 Å². The Bertz CT molecular complexity index is 323. The average Bonchev–Trinajstić information content (AvgIpc) is 2.20. The second-order valence-electron chi connectivity index (χ2n) is 1.75. The molecule has 0 spiro atoms. The summed E-state index contributed by atoms with van der Waals surface area (Å²) in [4.78, 5) is 119. The van der Waals surface area contributed by atoms with Gasteiger partial charge in [-0.2, -0.15) is 0 Å². The number of hydrogen-bond donors (Lipinski definition) is 0. The van der Waals surface area contributed by atoms with Gasteiger partial charge in [-0.05, 0) is 0 Å². The molecule has 0 aromatic heterocycles. The van der Waals surface area contributed by atoms with Crippen LogP contribution in [-0.4, -0.2) is 98.9 Å². The first kappa shape index (κ1) is 69.7. The normalized spacial score (nSPS) is 5.25. The van der Waals surface area contributed by atoms with E-state index in [9.17, 15) is 0 Å². The fourth-order valence-corrected chi connectivity index (χ4v) is 0. The van der Waals surface area contributed by atoms with Crippen LogP contribution in [0.15, 0.2) is 0 Å². The van der Waals surface area contributed by atoms with Crippen LogP contribution in [0, 0.1) is 0 Å². The molecule has 0 unspecified atom stereocenters. The minimum Gasteiger partial charge on any atom is -0.672 e. The van der Waals surface area contributed by atoms with Crippen molar-refractivity contribution in [3.8, 4) is 0 Å². The van der Waals surface area contributed by atoms with Crippen molar-refractivity contribution in [1.29, 1.82) is 0 Å². The van der Waals surface area contributed by atoms with E-state index in [4.69, 9.17) is 98.4 Å². The number of rotatable bonds is 0. The van der Waals surface area contributed by atoms with Crippen molar-refractivity contribution in [2.45, 2.75) is 0 Å². The summed E-state index contributed by atoms with van der Waals surface area (Å²) in [6.45, 7) is 0. The Morgan fingerprint density at radius 2 is 0.250 bits per heavy atom. The predicted molar refractivity (Wildman–Crippen MR) is 56.6 cm³/mol. The molecule has 21 nitrogen and oxygen atoms in total. The van der Waals surface area contributed by atoms with Gasteiger partial charge in [0, 0.05) is 64.2 Å². The largest absolute Gasteiger partial charge is 4.00 e. The van der Waals surface area contributed by atoms with Crippen molar-refractivity contribution in [1.82, 2.24) is 0 Å². The first-order valence-electron chi connectivity index (χ1n) is 4.29. The monoisotopic (exact) mass is 946 g/mol. The van der Waals surface area contributed by atoms with Gasteiger partial charge in [-0.1, -0.05) is 0 Å². The molecule has 0 N–H and O–H groups in total. The zero-order valence-corrected chi connectivity index (χ0v) is 30.7. The van der Waals surface area contributed by atoms with Gasteiger partial charge in [-0.25, -0.2) is 0 Å². The van der Waals surface area contributed by atoms with Gasteiger partial charge in [0.15, 0.2) is 0 Å². The minimum absolute atomic E-state index is 0. The summed E-state index contributed by atoms with van der Waals surface area (Å²) in [5.74, 6) is 0. The summed E-state index contributed by atoms with van der Waals surface area (Å²) in [6, 6.07) is 0.